The molecular weight excluding hydrogens is 440 g/mol. The molecule has 9 heteroatoms. The summed E-state index contributed by atoms with van der Waals surface area (Å²) in [6.45, 7) is 0.852. The van der Waals surface area contributed by atoms with Gasteiger partial charge in [0.05, 0.1) is 12.1 Å². The average molecular weight is 467 g/mol. The highest BCUT2D eigenvalue weighted by Gasteiger charge is 2.20. The molecule has 0 saturated carbocycles. The number of carboxylic acids is 1. The highest BCUT2D eigenvalue weighted by Crippen LogP contribution is 2.26. The number of carboxylic acid groups (broad SMARTS) is 1. The van der Waals surface area contributed by atoms with Crippen molar-refractivity contribution in [2.24, 2.45) is 0 Å². The number of carbonyl (C=O) groups is 1. The van der Waals surface area contributed by atoms with Crippen LogP contribution in [0.15, 0.2) is 65.7 Å². The third-order valence-electron chi connectivity index (χ3n) is 5.56. The Hall–Kier alpha value is -3.46. The number of aryl methyl sites for hydroxylation is 1. The van der Waals surface area contributed by atoms with Gasteiger partial charge in [-0.2, -0.15) is 8.42 Å². The molecule has 33 heavy (non-hydrogen) atoms. The molecule has 0 aliphatic carbocycles. The maximum Gasteiger partial charge on any atom is 0.305 e. The van der Waals surface area contributed by atoms with Gasteiger partial charge in [0, 0.05) is 18.7 Å². The van der Waals surface area contributed by atoms with Gasteiger partial charge in [-0.25, -0.2) is 9.97 Å². The topological polar surface area (TPSA) is 112 Å². The van der Waals surface area contributed by atoms with E-state index in [2.05, 4.69) is 20.8 Å². The highest BCUT2D eigenvalue weighted by molar-refractivity contribution is 7.92. The molecule has 172 valence electrons. The molecule has 3 aromatic rings. The van der Waals surface area contributed by atoms with Crippen molar-refractivity contribution in [3.05, 3.63) is 66.2 Å². The molecule has 8 nitrogen and oxygen atoms in total. The van der Waals surface area contributed by atoms with Crippen molar-refractivity contribution < 1.29 is 18.3 Å². The summed E-state index contributed by atoms with van der Waals surface area (Å²) in [5.74, 6) is -0.252. The maximum absolute atomic E-state index is 13.1. The standard InChI is InChI=1S/C24H26N4O4S/c29-24(30)15-17-28-16-5-1-2-8-18-9-3-4-10-19(18)20-11-6-12-21(25-20)27-33(31,32)23-14-7-13-22(28)26-23/h3-4,6-7,9-14H,1-2,5,8,15-17H2,(H,25,27)(H,29,30). The van der Waals surface area contributed by atoms with Crippen LogP contribution in [0.4, 0.5) is 11.6 Å². The summed E-state index contributed by atoms with van der Waals surface area (Å²) in [4.78, 5) is 21.9. The fraction of sp³-hybridized carbons (Fsp3) is 0.292. The van der Waals surface area contributed by atoms with Gasteiger partial charge in [-0.3, -0.25) is 9.52 Å². The molecule has 0 unspecified atom stereocenters. The third-order valence-corrected chi connectivity index (χ3v) is 6.82. The number of nitrogens with zero attached hydrogens (tertiary/aromatic N) is 3. The Balaban J connectivity index is 1.73. The Morgan fingerprint density at radius 3 is 2.64 bits per heavy atom. The second-order valence-corrected chi connectivity index (χ2v) is 9.58. The maximum atomic E-state index is 13.1. The highest BCUT2D eigenvalue weighted by atomic mass is 32.2. The lowest BCUT2D eigenvalue weighted by atomic mass is 9.98. The minimum Gasteiger partial charge on any atom is -0.481 e. The van der Waals surface area contributed by atoms with Gasteiger partial charge in [-0.05, 0) is 49.1 Å². The first kappa shape index (κ1) is 22.7. The first-order chi connectivity index (χ1) is 15.9. The van der Waals surface area contributed by atoms with E-state index in [0.29, 0.717) is 18.1 Å². The zero-order chi connectivity index (χ0) is 23.3. The number of aliphatic carboxylic acids is 1. The van der Waals surface area contributed by atoms with Gasteiger partial charge in [0.1, 0.15) is 11.6 Å². The number of nitrogens with one attached hydrogen (secondary N) is 1. The van der Waals surface area contributed by atoms with Crippen LogP contribution in [0.5, 0.6) is 0 Å². The van der Waals surface area contributed by atoms with Crippen molar-refractivity contribution >= 4 is 27.6 Å². The summed E-state index contributed by atoms with van der Waals surface area (Å²) in [6.07, 6.45) is 3.58. The number of benzene rings is 1. The molecule has 0 radical (unpaired) electrons. The molecule has 1 aliphatic heterocycles. The van der Waals surface area contributed by atoms with Crippen LogP contribution in [-0.4, -0.2) is 42.6 Å². The molecule has 2 N–H and O–H groups in total. The number of aromatic nitrogens is 2. The van der Waals surface area contributed by atoms with Crippen LogP contribution in [0.1, 0.15) is 31.2 Å². The first-order valence-corrected chi connectivity index (χ1v) is 12.4. The fourth-order valence-electron chi connectivity index (χ4n) is 3.92. The fourth-order valence-corrected chi connectivity index (χ4v) is 4.88. The van der Waals surface area contributed by atoms with E-state index in [9.17, 15) is 13.2 Å². The lowest BCUT2D eigenvalue weighted by Crippen LogP contribution is -2.29. The van der Waals surface area contributed by atoms with Crippen molar-refractivity contribution in [3.8, 4) is 11.3 Å². The number of rotatable bonds is 3. The van der Waals surface area contributed by atoms with Crippen molar-refractivity contribution in [1.29, 1.82) is 0 Å². The van der Waals surface area contributed by atoms with Gasteiger partial charge in [-0.15, -0.1) is 0 Å². The Morgan fingerprint density at radius 2 is 1.79 bits per heavy atom. The third kappa shape index (κ3) is 5.67. The van der Waals surface area contributed by atoms with E-state index in [1.165, 1.54) is 6.07 Å². The molecule has 3 heterocycles. The molecule has 0 saturated heterocycles. The summed E-state index contributed by atoms with van der Waals surface area (Å²) in [5, 5.41) is 9.00. The normalized spacial score (nSPS) is 15.8. The summed E-state index contributed by atoms with van der Waals surface area (Å²) in [7, 11) is -3.98. The molecule has 0 atom stereocenters. The summed E-state index contributed by atoms with van der Waals surface area (Å²) >= 11 is 0. The summed E-state index contributed by atoms with van der Waals surface area (Å²) in [5.41, 5.74) is 2.85. The Morgan fingerprint density at radius 1 is 0.970 bits per heavy atom. The quantitative estimate of drug-likeness (QED) is 0.601. The number of sulfonamides is 1. The smallest absolute Gasteiger partial charge is 0.305 e. The Labute approximate surface area is 193 Å². The Kier molecular flexibility index (Phi) is 6.88. The monoisotopic (exact) mass is 466 g/mol. The number of hydrogen-bond donors (Lipinski definition) is 2. The predicted molar refractivity (Wildman–Crippen MR) is 127 cm³/mol. The molecule has 1 aliphatic rings. The predicted octanol–water partition coefficient (Wildman–Crippen LogP) is 3.95. The molecule has 1 aromatic carbocycles. The lowest BCUT2D eigenvalue weighted by molar-refractivity contribution is -0.136. The van der Waals surface area contributed by atoms with Gasteiger partial charge >= 0.3 is 5.97 Å². The second-order valence-electron chi connectivity index (χ2n) is 7.95. The molecule has 0 fully saturated rings. The van der Waals surface area contributed by atoms with Crippen LogP contribution in [0, 0.1) is 0 Å². The Bertz CT molecular complexity index is 1250. The summed E-state index contributed by atoms with van der Waals surface area (Å²) in [6, 6.07) is 18.0. The minimum absolute atomic E-state index is 0.0546. The van der Waals surface area contributed by atoms with E-state index in [0.717, 1.165) is 36.8 Å². The van der Waals surface area contributed by atoms with Crippen LogP contribution >= 0.6 is 0 Å². The van der Waals surface area contributed by atoms with E-state index in [-0.39, 0.29) is 23.8 Å². The number of anilines is 2. The van der Waals surface area contributed by atoms with Gasteiger partial charge in [-0.1, -0.05) is 42.8 Å². The number of hydrogen-bond acceptors (Lipinski definition) is 6. The SMILES string of the molecule is O=C(O)CCN1CCCCCc2ccccc2-c2cccc(n2)NS(=O)(=O)c2cccc1n2. The van der Waals surface area contributed by atoms with Gasteiger partial charge in [0.15, 0.2) is 5.03 Å². The number of fused-ring (bicyclic) bond motifs is 6. The minimum atomic E-state index is -3.98. The van der Waals surface area contributed by atoms with Crippen LogP contribution in [0.3, 0.4) is 0 Å². The van der Waals surface area contributed by atoms with Crippen LogP contribution in [0.2, 0.25) is 0 Å². The van der Waals surface area contributed by atoms with Crippen molar-refractivity contribution in [3.63, 3.8) is 0 Å². The zero-order valence-corrected chi connectivity index (χ0v) is 19.0. The molecular formula is C24H26N4O4S. The van der Waals surface area contributed by atoms with Crippen molar-refractivity contribution in [2.75, 3.05) is 22.7 Å². The van der Waals surface area contributed by atoms with E-state index >= 15 is 0 Å². The average Bonchev–Trinajstić information content (AvgIpc) is 2.80. The molecule has 2 aromatic heterocycles. The van der Waals surface area contributed by atoms with E-state index < -0.39 is 16.0 Å². The van der Waals surface area contributed by atoms with Gasteiger partial charge in [0.25, 0.3) is 10.0 Å². The zero-order valence-electron chi connectivity index (χ0n) is 18.1. The molecule has 4 rings (SSSR count). The summed E-state index contributed by atoms with van der Waals surface area (Å²) < 4.78 is 28.6. The van der Waals surface area contributed by atoms with Crippen molar-refractivity contribution in [2.45, 2.75) is 37.1 Å². The molecule has 4 bridgehead atoms. The first-order valence-electron chi connectivity index (χ1n) is 10.9. The van der Waals surface area contributed by atoms with Crippen molar-refractivity contribution in [1.82, 2.24) is 9.97 Å². The van der Waals surface area contributed by atoms with Gasteiger partial charge in [0.2, 0.25) is 0 Å². The van der Waals surface area contributed by atoms with E-state index in [1.54, 1.807) is 24.3 Å². The number of pyridine rings is 2. The van der Waals surface area contributed by atoms with Crippen LogP contribution < -0.4 is 9.62 Å². The van der Waals surface area contributed by atoms with E-state index in [1.807, 2.05) is 29.2 Å². The second kappa shape index (κ2) is 9.99. The van der Waals surface area contributed by atoms with Crippen LogP contribution in [-0.2, 0) is 21.2 Å². The van der Waals surface area contributed by atoms with Gasteiger partial charge < -0.3 is 10.0 Å². The lowest BCUT2D eigenvalue weighted by Gasteiger charge is -2.23. The molecule has 0 spiro atoms. The molecule has 0 amide bonds. The van der Waals surface area contributed by atoms with E-state index in [4.69, 9.17) is 5.11 Å². The largest absolute Gasteiger partial charge is 0.481 e. The van der Waals surface area contributed by atoms with Crippen LogP contribution in [0.25, 0.3) is 11.3 Å².